The van der Waals surface area contributed by atoms with Crippen molar-refractivity contribution in [3.63, 3.8) is 0 Å². The lowest BCUT2D eigenvalue weighted by Gasteiger charge is -2.10. The van der Waals surface area contributed by atoms with Crippen molar-refractivity contribution in [2.45, 2.75) is 30.9 Å². The lowest BCUT2D eigenvalue weighted by Crippen LogP contribution is -1.92. The van der Waals surface area contributed by atoms with Crippen LogP contribution in [0, 0.1) is 20.8 Å². The summed E-state index contributed by atoms with van der Waals surface area (Å²) >= 11 is 3.52. The van der Waals surface area contributed by atoms with Crippen LogP contribution in [-0.4, -0.2) is 4.98 Å². The molecule has 3 rings (SSSR count). The van der Waals surface area contributed by atoms with Crippen molar-refractivity contribution in [2.75, 3.05) is 5.73 Å². The normalized spacial score (nSPS) is 11.2. The highest BCUT2D eigenvalue weighted by Gasteiger charge is 2.08. The molecule has 3 aromatic rings. The Kier molecular flexibility index (Phi) is 3.91. The molecule has 0 saturated carbocycles. The van der Waals surface area contributed by atoms with Gasteiger partial charge in [0.25, 0.3) is 0 Å². The molecule has 0 saturated heterocycles. The molecule has 21 heavy (non-hydrogen) atoms. The van der Waals surface area contributed by atoms with E-state index in [9.17, 15) is 0 Å². The second-order valence-corrected chi connectivity index (χ2v) is 7.63. The third-order valence-electron chi connectivity index (χ3n) is 3.57. The van der Waals surface area contributed by atoms with Gasteiger partial charge in [0, 0.05) is 11.4 Å². The number of thiazole rings is 1. The largest absolute Gasteiger partial charge is 0.399 e. The average molecular weight is 314 g/mol. The van der Waals surface area contributed by atoms with E-state index in [-0.39, 0.29) is 0 Å². The molecule has 2 N–H and O–H groups in total. The Morgan fingerprint density at radius 2 is 1.81 bits per heavy atom. The highest BCUT2D eigenvalue weighted by Crippen LogP contribution is 2.33. The molecular formula is C17H18N2S2. The number of aryl methyl sites for hydroxylation is 3. The first-order valence-corrected chi connectivity index (χ1v) is 8.69. The maximum atomic E-state index is 5.82. The SMILES string of the molecule is Cc1cc(C)c(CSc2nc3ccc(N)cc3s2)c(C)c1. The van der Waals surface area contributed by atoms with Gasteiger partial charge in [0.15, 0.2) is 4.34 Å². The summed E-state index contributed by atoms with van der Waals surface area (Å²) in [5.74, 6) is 0.966. The predicted molar refractivity (Wildman–Crippen MR) is 94.2 cm³/mol. The molecule has 0 atom stereocenters. The van der Waals surface area contributed by atoms with Crippen molar-refractivity contribution < 1.29 is 0 Å². The summed E-state index contributed by atoms with van der Waals surface area (Å²) in [4.78, 5) is 4.67. The van der Waals surface area contributed by atoms with Crippen LogP contribution >= 0.6 is 23.1 Å². The molecular weight excluding hydrogens is 296 g/mol. The van der Waals surface area contributed by atoms with E-state index >= 15 is 0 Å². The smallest absolute Gasteiger partial charge is 0.151 e. The van der Waals surface area contributed by atoms with Crippen molar-refractivity contribution in [3.05, 3.63) is 52.6 Å². The summed E-state index contributed by atoms with van der Waals surface area (Å²) in [6, 6.07) is 10.4. The van der Waals surface area contributed by atoms with Crippen molar-refractivity contribution in [3.8, 4) is 0 Å². The molecule has 2 aromatic carbocycles. The van der Waals surface area contributed by atoms with Gasteiger partial charge in [-0.3, -0.25) is 0 Å². The van der Waals surface area contributed by atoms with Crippen molar-refractivity contribution >= 4 is 39.0 Å². The van der Waals surface area contributed by atoms with E-state index in [2.05, 4.69) is 37.9 Å². The second-order valence-electron chi connectivity index (χ2n) is 5.37. The van der Waals surface area contributed by atoms with Gasteiger partial charge in [-0.15, -0.1) is 11.3 Å². The number of hydrogen-bond acceptors (Lipinski definition) is 4. The van der Waals surface area contributed by atoms with E-state index in [1.54, 1.807) is 23.1 Å². The average Bonchev–Trinajstić information content (AvgIpc) is 2.79. The molecule has 0 unspecified atom stereocenters. The monoisotopic (exact) mass is 314 g/mol. The van der Waals surface area contributed by atoms with Crippen LogP contribution in [0.1, 0.15) is 22.3 Å². The lowest BCUT2D eigenvalue weighted by atomic mass is 10.0. The molecule has 108 valence electrons. The van der Waals surface area contributed by atoms with Crippen LogP contribution in [0.2, 0.25) is 0 Å². The minimum Gasteiger partial charge on any atom is -0.399 e. The first kappa shape index (κ1) is 14.4. The van der Waals surface area contributed by atoms with E-state index in [1.807, 2.05) is 18.2 Å². The van der Waals surface area contributed by atoms with Crippen LogP contribution in [0.3, 0.4) is 0 Å². The lowest BCUT2D eigenvalue weighted by molar-refractivity contribution is 1.20. The Labute approximate surface area is 133 Å². The van der Waals surface area contributed by atoms with Crippen molar-refractivity contribution in [1.82, 2.24) is 4.98 Å². The van der Waals surface area contributed by atoms with Crippen LogP contribution in [0.25, 0.3) is 10.2 Å². The zero-order valence-corrected chi connectivity index (χ0v) is 14.1. The van der Waals surface area contributed by atoms with Crippen LogP contribution in [-0.2, 0) is 5.75 Å². The van der Waals surface area contributed by atoms with Crippen LogP contribution in [0.5, 0.6) is 0 Å². The van der Waals surface area contributed by atoms with Gasteiger partial charge in [-0.1, -0.05) is 29.5 Å². The molecule has 0 spiro atoms. The number of nitrogens with zero attached hydrogens (tertiary/aromatic N) is 1. The standard InChI is InChI=1S/C17H18N2S2/c1-10-6-11(2)14(12(3)7-10)9-20-17-19-15-5-4-13(18)8-16(15)21-17/h4-8H,9,18H2,1-3H3. The minimum absolute atomic E-state index is 0.799. The van der Waals surface area contributed by atoms with Gasteiger partial charge in [-0.2, -0.15) is 0 Å². The quantitative estimate of drug-likeness (QED) is 0.540. The summed E-state index contributed by atoms with van der Waals surface area (Å²) in [6.07, 6.45) is 0. The molecule has 0 radical (unpaired) electrons. The Bertz CT molecular complexity index is 783. The first-order chi connectivity index (χ1) is 10.0. The number of anilines is 1. The third-order valence-corrected chi connectivity index (χ3v) is 5.76. The summed E-state index contributed by atoms with van der Waals surface area (Å²) in [6.45, 7) is 6.53. The van der Waals surface area contributed by atoms with Crippen molar-refractivity contribution in [1.29, 1.82) is 0 Å². The fourth-order valence-electron chi connectivity index (χ4n) is 2.55. The molecule has 0 fully saturated rings. The summed E-state index contributed by atoms with van der Waals surface area (Å²) in [5, 5.41) is 0. The molecule has 0 bridgehead atoms. The number of fused-ring (bicyclic) bond motifs is 1. The molecule has 0 aliphatic carbocycles. The van der Waals surface area contributed by atoms with E-state index in [0.717, 1.165) is 26.0 Å². The number of benzene rings is 2. The Balaban J connectivity index is 1.83. The van der Waals surface area contributed by atoms with E-state index in [4.69, 9.17) is 5.73 Å². The zero-order chi connectivity index (χ0) is 15.0. The van der Waals surface area contributed by atoms with Crippen molar-refractivity contribution in [2.24, 2.45) is 0 Å². The fourth-order valence-corrected chi connectivity index (χ4v) is 4.87. The molecule has 0 aliphatic rings. The molecule has 4 heteroatoms. The number of rotatable bonds is 3. The number of hydrogen-bond donors (Lipinski definition) is 1. The Morgan fingerprint density at radius 1 is 1.10 bits per heavy atom. The molecule has 0 aliphatic heterocycles. The van der Waals surface area contributed by atoms with E-state index in [0.29, 0.717) is 0 Å². The maximum Gasteiger partial charge on any atom is 0.151 e. The number of nitrogen functional groups attached to an aromatic ring is 1. The Hall–Kier alpha value is -1.52. The molecule has 1 heterocycles. The number of thioether (sulfide) groups is 1. The number of aromatic nitrogens is 1. The second kappa shape index (κ2) is 5.70. The molecule has 1 aromatic heterocycles. The van der Waals surface area contributed by atoms with E-state index in [1.165, 1.54) is 22.3 Å². The van der Waals surface area contributed by atoms with Crippen LogP contribution in [0.4, 0.5) is 5.69 Å². The van der Waals surface area contributed by atoms with Gasteiger partial charge in [-0.25, -0.2) is 4.98 Å². The minimum atomic E-state index is 0.799. The first-order valence-electron chi connectivity index (χ1n) is 6.88. The van der Waals surface area contributed by atoms with Gasteiger partial charge in [0.05, 0.1) is 10.2 Å². The van der Waals surface area contributed by atoms with Gasteiger partial charge in [0.2, 0.25) is 0 Å². The highest BCUT2D eigenvalue weighted by molar-refractivity contribution is 8.00. The van der Waals surface area contributed by atoms with Gasteiger partial charge < -0.3 is 5.73 Å². The Morgan fingerprint density at radius 3 is 2.52 bits per heavy atom. The highest BCUT2D eigenvalue weighted by atomic mass is 32.2. The van der Waals surface area contributed by atoms with Crippen LogP contribution in [0.15, 0.2) is 34.7 Å². The predicted octanol–water partition coefficient (Wildman–Crippen LogP) is 5.10. The van der Waals surface area contributed by atoms with E-state index < -0.39 is 0 Å². The topological polar surface area (TPSA) is 38.9 Å². The summed E-state index contributed by atoms with van der Waals surface area (Å²) in [7, 11) is 0. The number of nitrogens with two attached hydrogens (primary N) is 1. The van der Waals surface area contributed by atoms with Gasteiger partial charge >= 0.3 is 0 Å². The van der Waals surface area contributed by atoms with Gasteiger partial charge in [0.1, 0.15) is 0 Å². The maximum absolute atomic E-state index is 5.82. The zero-order valence-electron chi connectivity index (χ0n) is 12.4. The molecule has 2 nitrogen and oxygen atoms in total. The van der Waals surface area contributed by atoms with Gasteiger partial charge in [-0.05, 0) is 55.7 Å². The fraction of sp³-hybridized carbons (Fsp3) is 0.235. The van der Waals surface area contributed by atoms with Crippen LogP contribution < -0.4 is 5.73 Å². The summed E-state index contributed by atoms with van der Waals surface area (Å²) in [5.41, 5.74) is 13.1. The third kappa shape index (κ3) is 3.06. The summed E-state index contributed by atoms with van der Waals surface area (Å²) < 4.78 is 2.27. The molecule has 0 amide bonds.